The van der Waals surface area contributed by atoms with Crippen molar-refractivity contribution in [3.63, 3.8) is 0 Å². The molecule has 0 aromatic heterocycles. The molecule has 2 aromatic rings. The van der Waals surface area contributed by atoms with Gasteiger partial charge in [0.25, 0.3) is 0 Å². The van der Waals surface area contributed by atoms with Gasteiger partial charge in [0.05, 0.1) is 5.92 Å². The fourth-order valence-corrected chi connectivity index (χ4v) is 2.29. The highest BCUT2D eigenvalue weighted by Gasteiger charge is 2.18. The first kappa shape index (κ1) is 16.0. The van der Waals surface area contributed by atoms with Crippen LogP contribution >= 0.6 is 0 Å². The maximum Gasteiger partial charge on any atom is 0.314 e. The molecule has 0 saturated carbocycles. The van der Waals surface area contributed by atoms with E-state index in [1.807, 2.05) is 80.6 Å². The van der Waals surface area contributed by atoms with Crippen LogP contribution in [0.2, 0.25) is 0 Å². The van der Waals surface area contributed by atoms with Crippen LogP contribution in [0.15, 0.2) is 60.7 Å². The Morgan fingerprint density at radius 1 is 0.955 bits per heavy atom. The van der Waals surface area contributed by atoms with Crippen LogP contribution in [0.25, 0.3) is 11.8 Å². The van der Waals surface area contributed by atoms with Crippen LogP contribution in [0.1, 0.15) is 37.8 Å². The van der Waals surface area contributed by atoms with E-state index in [0.717, 1.165) is 24.0 Å². The third kappa shape index (κ3) is 4.32. The van der Waals surface area contributed by atoms with E-state index in [0.29, 0.717) is 5.76 Å². The van der Waals surface area contributed by atoms with Crippen molar-refractivity contribution >= 4 is 17.8 Å². The topological polar surface area (TPSA) is 26.3 Å². The summed E-state index contributed by atoms with van der Waals surface area (Å²) in [6.07, 6.45) is 3.50. The molecule has 0 atom stereocenters. The summed E-state index contributed by atoms with van der Waals surface area (Å²) >= 11 is 0. The van der Waals surface area contributed by atoms with Crippen LogP contribution < -0.4 is 0 Å². The lowest BCUT2D eigenvalue weighted by atomic mass is 10.0. The Bertz CT molecular complexity index is 611. The average Bonchev–Trinajstić information content (AvgIpc) is 2.57. The summed E-state index contributed by atoms with van der Waals surface area (Å²) < 4.78 is 5.71. The third-order valence-electron chi connectivity index (χ3n) is 3.69. The zero-order chi connectivity index (χ0) is 15.8. The molecule has 0 N–H and O–H groups in total. The molecule has 0 aliphatic heterocycles. The quantitative estimate of drug-likeness (QED) is 0.417. The fraction of sp³-hybridized carbons (Fsp3) is 0.250. The number of ether oxygens (including phenoxy) is 1. The molecule has 0 aliphatic rings. The van der Waals surface area contributed by atoms with Crippen molar-refractivity contribution in [2.45, 2.75) is 26.7 Å². The zero-order valence-corrected chi connectivity index (χ0v) is 13.2. The summed E-state index contributed by atoms with van der Waals surface area (Å²) in [7, 11) is 0. The number of carbonyl (C=O) groups is 1. The van der Waals surface area contributed by atoms with Gasteiger partial charge in [-0.25, -0.2) is 0 Å². The Hall–Kier alpha value is -2.35. The lowest BCUT2D eigenvalue weighted by Gasteiger charge is -2.14. The van der Waals surface area contributed by atoms with E-state index >= 15 is 0 Å². The molecule has 2 aromatic carbocycles. The molecule has 22 heavy (non-hydrogen) atoms. The molecule has 2 heteroatoms. The van der Waals surface area contributed by atoms with Gasteiger partial charge in [0, 0.05) is 5.56 Å². The summed E-state index contributed by atoms with van der Waals surface area (Å²) in [5.41, 5.74) is 1.92. The fourth-order valence-electron chi connectivity index (χ4n) is 2.29. The first-order chi connectivity index (χ1) is 10.7. The van der Waals surface area contributed by atoms with Gasteiger partial charge >= 0.3 is 5.97 Å². The van der Waals surface area contributed by atoms with Gasteiger partial charge in [0.15, 0.2) is 0 Å². The first-order valence-electron chi connectivity index (χ1n) is 7.78. The predicted octanol–water partition coefficient (Wildman–Crippen LogP) is 5.16. The van der Waals surface area contributed by atoms with Crippen LogP contribution in [-0.2, 0) is 9.53 Å². The molecule has 0 spiro atoms. The number of benzene rings is 2. The number of carbonyl (C=O) groups excluding carboxylic acids is 1. The molecule has 0 aliphatic carbocycles. The Morgan fingerprint density at radius 2 is 1.50 bits per heavy atom. The minimum absolute atomic E-state index is 0.0529. The van der Waals surface area contributed by atoms with E-state index in [-0.39, 0.29) is 11.9 Å². The molecule has 2 rings (SSSR count). The van der Waals surface area contributed by atoms with Crippen LogP contribution in [0.4, 0.5) is 0 Å². The molecule has 0 bridgehead atoms. The average molecular weight is 294 g/mol. The van der Waals surface area contributed by atoms with E-state index in [9.17, 15) is 4.79 Å². The summed E-state index contributed by atoms with van der Waals surface area (Å²) in [6, 6.07) is 19.6. The Morgan fingerprint density at radius 3 is 2.05 bits per heavy atom. The Balaban J connectivity index is 2.31. The van der Waals surface area contributed by atoms with Crippen LogP contribution in [0.3, 0.4) is 0 Å². The number of hydrogen-bond acceptors (Lipinski definition) is 2. The molecular formula is C20H22O2. The maximum absolute atomic E-state index is 12.3. The maximum atomic E-state index is 12.3. The second-order valence-electron chi connectivity index (χ2n) is 5.22. The number of esters is 1. The minimum atomic E-state index is -0.156. The largest absolute Gasteiger partial charge is 0.426 e. The van der Waals surface area contributed by atoms with Crippen molar-refractivity contribution in [2.75, 3.05) is 0 Å². The van der Waals surface area contributed by atoms with Crippen molar-refractivity contribution in [3.05, 3.63) is 71.8 Å². The van der Waals surface area contributed by atoms with Gasteiger partial charge in [0.2, 0.25) is 0 Å². The summed E-state index contributed by atoms with van der Waals surface area (Å²) in [4.78, 5) is 12.3. The van der Waals surface area contributed by atoms with E-state index in [2.05, 4.69) is 0 Å². The highest BCUT2D eigenvalue weighted by molar-refractivity contribution is 5.86. The van der Waals surface area contributed by atoms with Crippen molar-refractivity contribution in [1.29, 1.82) is 0 Å². The molecule has 0 heterocycles. The van der Waals surface area contributed by atoms with E-state index in [1.54, 1.807) is 0 Å². The molecule has 0 radical (unpaired) electrons. The van der Waals surface area contributed by atoms with Crippen molar-refractivity contribution < 1.29 is 9.53 Å². The van der Waals surface area contributed by atoms with Crippen molar-refractivity contribution in [3.8, 4) is 0 Å². The second kappa shape index (κ2) is 8.18. The number of hydrogen-bond donors (Lipinski definition) is 0. The molecule has 0 unspecified atom stereocenters. The first-order valence-corrected chi connectivity index (χ1v) is 7.78. The molecule has 114 valence electrons. The van der Waals surface area contributed by atoms with Gasteiger partial charge in [-0.15, -0.1) is 0 Å². The highest BCUT2D eigenvalue weighted by Crippen LogP contribution is 2.22. The van der Waals surface area contributed by atoms with Crippen LogP contribution in [-0.4, -0.2) is 5.97 Å². The van der Waals surface area contributed by atoms with E-state index < -0.39 is 0 Å². The Labute approximate surface area is 132 Å². The second-order valence-corrected chi connectivity index (χ2v) is 5.22. The molecule has 2 nitrogen and oxygen atoms in total. The Kier molecular flexibility index (Phi) is 5.96. The van der Waals surface area contributed by atoms with Gasteiger partial charge in [-0.2, -0.15) is 0 Å². The summed E-state index contributed by atoms with van der Waals surface area (Å²) in [5, 5.41) is 0. The van der Waals surface area contributed by atoms with Crippen LogP contribution in [0, 0.1) is 5.92 Å². The van der Waals surface area contributed by atoms with Crippen LogP contribution in [0.5, 0.6) is 0 Å². The van der Waals surface area contributed by atoms with Gasteiger partial charge in [-0.3, -0.25) is 4.79 Å². The molecular weight excluding hydrogens is 272 g/mol. The smallest absolute Gasteiger partial charge is 0.314 e. The normalized spacial score (nSPS) is 11.5. The van der Waals surface area contributed by atoms with Crippen molar-refractivity contribution in [2.24, 2.45) is 5.92 Å². The molecule has 0 saturated heterocycles. The molecule has 0 fully saturated rings. The lowest BCUT2D eigenvalue weighted by Crippen LogP contribution is -2.15. The molecule has 0 amide bonds. The summed E-state index contributed by atoms with van der Waals surface area (Å²) in [5.74, 6) is 0.391. The lowest BCUT2D eigenvalue weighted by molar-refractivity contribution is -0.141. The third-order valence-corrected chi connectivity index (χ3v) is 3.69. The predicted molar refractivity (Wildman–Crippen MR) is 90.9 cm³/mol. The van der Waals surface area contributed by atoms with Crippen molar-refractivity contribution in [1.82, 2.24) is 0 Å². The SMILES string of the molecule is CCC(CC)C(=O)OC(=Cc1ccccc1)c1ccccc1. The highest BCUT2D eigenvalue weighted by atomic mass is 16.5. The van der Waals surface area contributed by atoms with Gasteiger partial charge < -0.3 is 4.74 Å². The van der Waals surface area contributed by atoms with Gasteiger partial charge in [0.1, 0.15) is 5.76 Å². The van der Waals surface area contributed by atoms with E-state index in [4.69, 9.17) is 4.74 Å². The summed E-state index contributed by atoms with van der Waals surface area (Å²) in [6.45, 7) is 4.02. The zero-order valence-electron chi connectivity index (χ0n) is 13.2. The monoisotopic (exact) mass is 294 g/mol. The van der Waals surface area contributed by atoms with Gasteiger partial charge in [-0.05, 0) is 24.5 Å². The minimum Gasteiger partial charge on any atom is -0.426 e. The van der Waals surface area contributed by atoms with E-state index in [1.165, 1.54) is 0 Å². The standard InChI is InChI=1S/C20H22O2/c1-3-17(4-2)20(21)22-19(18-13-9-6-10-14-18)15-16-11-7-5-8-12-16/h5-15,17H,3-4H2,1-2H3. The number of rotatable bonds is 6. The van der Waals surface area contributed by atoms with Gasteiger partial charge in [-0.1, -0.05) is 74.5 Å².